The first-order chi connectivity index (χ1) is 9.02. The van der Waals surface area contributed by atoms with Crippen molar-refractivity contribution in [1.82, 2.24) is 4.57 Å². The monoisotopic (exact) mass is 297 g/mol. The Morgan fingerprint density at radius 2 is 1.84 bits per heavy atom. The van der Waals surface area contributed by atoms with Gasteiger partial charge in [-0.25, -0.2) is 0 Å². The highest BCUT2D eigenvalue weighted by molar-refractivity contribution is 6.30. The molecular weight excluding hydrogens is 285 g/mol. The molecule has 0 bridgehead atoms. The van der Waals surface area contributed by atoms with E-state index in [1.54, 1.807) is 18.2 Å². The van der Waals surface area contributed by atoms with Gasteiger partial charge in [-0.1, -0.05) is 11.6 Å². The van der Waals surface area contributed by atoms with Gasteiger partial charge in [0.05, 0.1) is 5.69 Å². The molecule has 0 unspecified atom stereocenters. The second-order valence-electron chi connectivity index (χ2n) is 4.17. The Labute approximate surface area is 121 Å². The number of hydrogen-bond donors (Lipinski definition) is 0. The van der Waals surface area contributed by atoms with Gasteiger partial charge in [0.1, 0.15) is 5.88 Å². The molecule has 0 aliphatic carbocycles. The van der Waals surface area contributed by atoms with Crippen LogP contribution in [0.1, 0.15) is 11.4 Å². The molecule has 0 aliphatic heterocycles. The van der Waals surface area contributed by atoms with Crippen LogP contribution in [0.2, 0.25) is 5.02 Å². The second kappa shape index (κ2) is 5.68. The van der Waals surface area contributed by atoms with Crippen molar-refractivity contribution in [3.05, 3.63) is 46.7 Å². The van der Waals surface area contributed by atoms with E-state index in [4.69, 9.17) is 27.9 Å². The number of aryl methyl sites for hydroxylation is 2. The predicted molar refractivity (Wildman–Crippen MR) is 76.6 cm³/mol. The molecule has 0 spiro atoms. The van der Waals surface area contributed by atoms with Gasteiger partial charge in [-0.2, -0.15) is 0 Å². The summed E-state index contributed by atoms with van der Waals surface area (Å²) in [5.74, 6) is -0.240. The SMILES string of the molecule is Cc1ccc(C)n1-c1cc(Cl)ccc1OC(=O)CCl. The van der Waals surface area contributed by atoms with E-state index >= 15 is 0 Å². The molecule has 3 nitrogen and oxygen atoms in total. The lowest BCUT2D eigenvalue weighted by atomic mass is 10.2. The van der Waals surface area contributed by atoms with Crippen LogP contribution in [0.5, 0.6) is 5.75 Å². The molecule has 1 heterocycles. The molecule has 0 atom stereocenters. The van der Waals surface area contributed by atoms with Gasteiger partial charge >= 0.3 is 5.97 Å². The van der Waals surface area contributed by atoms with Gasteiger partial charge in [-0.05, 0) is 44.2 Å². The summed E-state index contributed by atoms with van der Waals surface area (Å²) >= 11 is 11.5. The maximum Gasteiger partial charge on any atom is 0.326 e. The van der Waals surface area contributed by atoms with Crippen LogP contribution in [-0.4, -0.2) is 16.4 Å². The van der Waals surface area contributed by atoms with Crippen molar-refractivity contribution >= 4 is 29.2 Å². The average molecular weight is 298 g/mol. The van der Waals surface area contributed by atoms with E-state index in [9.17, 15) is 4.79 Å². The summed E-state index contributed by atoms with van der Waals surface area (Å²) in [5.41, 5.74) is 2.79. The number of carbonyl (C=O) groups is 1. The number of aromatic nitrogens is 1. The van der Waals surface area contributed by atoms with Crippen LogP contribution < -0.4 is 4.74 Å². The molecule has 0 N–H and O–H groups in total. The third kappa shape index (κ3) is 2.94. The van der Waals surface area contributed by atoms with Crippen molar-refractivity contribution in [1.29, 1.82) is 0 Å². The van der Waals surface area contributed by atoms with E-state index < -0.39 is 5.97 Å². The third-order valence-corrected chi connectivity index (χ3v) is 3.22. The molecule has 0 fully saturated rings. The molecule has 19 heavy (non-hydrogen) atoms. The Bertz CT molecular complexity index is 600. The Morgan fingerprint density at radius 1 is 1.21 bits per heavy atom. The van der Waals surface area contributed by atoms with Crippen molar-refractivity contribution < 1.29 is 9.53 Å². The minimum Gasteiger partial charge on any atom is -0.423 e. The summed E-state index contributed by atoms with van der Waals surface area (Å²) in [5, 5.41) is 0.577. The first kappa shape index (κ1) is 14.0. The summed E-state index contributed by atoms with van der Waals surface area (Å²) < 4.78 is 7.21. The fraction of sp³-hybridized carbons (Fsp3) is 0.214. The maximum absolute atomic E-state index is 11.4. The van der Waals surface area contributed by atoms with Gasteiger partial charge in [0, 0.05) is 16.4 Å². The predicted octanol–water partition coefficient (Wildman–Crippen LogP) is 3.89. The van der Waals surface area contributed by atoms with Crippen molar-refractivity contribution in [2.24, 2.45) is 0 Å². The first-order valence-electron chi connectivity index (χ1n) is 5.74. The number of hydrogen-bond acceptors (Lipinski definition) is 2. The molecule has 0 amide bonds. The highest BCUT2D eigenvalue weighted by Crippen LogP contribution is 2.29. The molecular formula is C14H13Cl2NO2. The number of esters is 1. The van der Waals surface area contributed by atoms with Crippen LogP contribution in [-0.2, 0) is 4.79 Å². The van der Waals surface area contributed by atoms with E-state index in [2.05, 4.69) is 0 Å². The number of nitrogens with zero attached hydrogens (tertiary/aromatic N) is 1. The Hall–Kier alpha value is -1.45. The fourth-order valence-electron chi connectivity index (χ4n) is 1.95. The summed E-state index contributed by atoms with van der Waals surface area (Å²) in [6, 6.07) is 9.09. The lowest BCUT2D eigenvalue weighted by Crippen LogP contribution is -2.11. The summed E-state index contributed by atoms with van der Waals surface area (Å²) in [7, 11) is 0. The lowest BCUT2D eigenvalue weighted by Gasteiger charge is -2.14. The Morgan fingerprint density at radius 3 is 2.42 bits per heavy atom. The molecule has 1 aromatic heterocycles. The van der Waals surface area contributed by atoms with Crippen LogP contribution in [0.4, 0.5) is 0 Å². The summed E-state index contributed by atoms with van der Waals surface area (Å²) in [4.78, 5) is 11.4. The van der Waals surface area contributed by atoms with E-state index in [-0.39, 0.29) is 5.88 Å². The van der Waals surface area contributed by atoms with Crippen LogP contribution in [0, 0.1) is 13.8 Å². The number of alkyl halides is 1. The minimum atomic E-state index is -0.493. The zero-order valence-electron chi connectivity index (χ0n) is 10.6. The van der Waals surface area contributed by atoms with Crippen LogP contribution in [0.3, 0.4) is 0 Å². The molecule has 100 valence electrons. The molecule has 0 aliphatic rings. The molecule has 0 saturated heterocycles. The number of benzene rings is 1. The lowest BCUT2D eigenvalue weighted by molar-refractivity contribution is -0.131. The zero-order chi connectivity index (χ0) is 14.0. The normalized spacial score (nSPS) is 10.5. The van der Waals surface area contributed by atoms with Crippen LogP contribution in [0.15, 0.2) is 30.3 Å². The van der Waals surface area contributed by atoms with Crippen molar-refractivity contribution in [2.75, 3.05) is 5.88 Å². The van der Waals surface area contributed by atoms with Gasteiger partial charge in [0.25, 0.3) is 0 Å². The number of rotatable bonds is 3. The van der Waals surface area contributed by atoms with Gasteiger partial charge in [-0.15, -0.1) is 11.6 Å². The number of carbonyl (C=O) groups excluding carboxylic acids is 1. The molecule has 0 saturated carbocycles. The quantitative estimate of drug-likeness (QED) is 0.489. The zero-order valence-corrected chi connectivity index (χ0v) is 12.1. The summed E-state index contributed by atoms with van der Waals surface area (Å²) in [6.45, 7) is 3.95. The molecule has 2 aromatic rings. The van der Waals surface area contributed by atoms with Crippen LogP contribution >= 0.6 is 23.2 Å². The largest absolute Gasteiger partial charge is 0.423 e. The Balaban J connectivity index is 2.55. The standard InChI is InChI=1S/C14H13Cl2NO2/c1-9-3-4-10(2)17(9)12-7-11(16)5-6-13(12)19-14(18)8-15/h3-7H,8H2,1-2H3. The number of halogens is 2. The van der Waals surface area contributed by atoms with Crippen molar-refractivity contribution in [2.45, 2.75) is 13.8 Å². The Kier molecular flexibility index (Phi) is 4.17. The third-order valence-electron chi connectivity index (χ3n) is 2.77. The molecule has 5 heteroatoms. The van der Waals surface area contributed by atoms with Crippen LogP contribution in [0.25, 0.3) is 5.69 Å². The molecule has 0 radical (unpaired) electrons. The van der Waals surface area contributed by atoms with E-state index in [1.165, 1.54) is 0 Å². The van der Waals surface area contributed by atoms with Gasteiger partial charge in [-0.3, -0.25) is 4.79 Å². The van der Waals surface area contributed by atoms with Gasteiger partial charge in [0.15, 0.2) is 5.75 Å². The molecule has 2 rings (SSSR count). The smallest absolute Gasteiger partial charge is 0.326 e. The van der Waals surface area contributed by atoms with E-state index in [0.717, 1.165) is 17.1 Å². The fourth-order valence-corrected chi connectivity index (χ4v) is 2.17. The molecule has 1 aromatic carbocycles. The average Bonchev–Trinajstić information content (AvgIpc) is 2.71. The number of ether oxygens (including phenoxy) is 1. The topological polar surface area (TPSA) is 31.2 Å². The van der Waals surface area contributed by atoms with Gasteiger partial charge in [0.2, 0.25) is 0 Å². The van der Waals surface area contributed by atoms with Crippen molar-refractivity contribution in [3.63, 3.8) is 0 Å². The second-order valence-corrected chi connectivity index (χ2v) is 4.87. The highest BCUT2D eigenvalue weighted by atomic mass is 35.5. The van der Waals surface area contributed by atoms with E-state index in [0.29, 0.717) is 10.8 Å². The van der Waals surface area contributed by atoms with Crippen molar-refractivity contribution in [3.8, 4) is 11.4 Å². The van der Waals surface area contributed by atoms with E-state index in [1.807, 2.05) is 30.5 Å². The summed E-state index contributed by atoms with van der Waals surface area (Å²) in [6.07, 6.45) is 0. The minimum absolute atomic E-state index is 0.189. The maximum atomic E-state index is 11.4. The first-order valence-corrected chi connectivity index (χ1v) is 6.65. The highest BCUT2D eigenvalue weighted by Gasteiger charge is 2.13. The van der Waals surface area contributed by atoms with Gasteiger partial charge < -0.3 is 9.30 Å².